The largest absolute Gasteiger partial charge is 0.414 e. The predicted molar refractivity (Wildman–Crippen MR) is 70.2 cm³/mol. The Morgan fingerprint density at radius 2 is 1.80 bits per heavy atom. The van der Waals surface area contributed by atoms with E-state index in [0.717, 1.165) is 6.42 Å². The zero-order valence-electron chi connectivity index (χ0n) is 11.6. The highest BCUT2D eigenvalue weighted by molar-refractivity contribution is 7.90. The number of nitrogens with zero attached hydrogens (tertiary/aromatic N) is 1. The molecule has 0 aromatic rings. The Morgan fingerprint density at radius 1 is 1.25 bits per heavy atom. The van der Waals surface area contributed by atoms with Gasteiger partial charge in [0, 0.05) is 12.0 Å². The molecule has 1 unspecified atom stereocenters. The van der Waals surface area contributed by atoms with Crippen molar-refractivity contribution in [2.45, 2.75) is 38.0 Å². The molecule has 0 aliphatic carbocycles. The first-order chi connectivity index (χ1) is 9.09. The molecule has 0 radical (unpaired) electrons. The third-order valence-electron chi connectivity index (χ3n) is 3.65. The van der Waals surface area contributed by atoms with Crippen LogP contribution >= 0.6 is 0 Å². The SMILES string of the molecule is CS(=O)(=O)CCCCN1CCC(C(O)C(F)(F)F)CC1. The summed E-state index contributed by atoms with van der Waals surface area (Å²) in [7, 11) is -2.94. The van der Waals surface area contributed by atoms with Crippen LogP contribution in [0.3, 0.4) is 0 Å². The molecule has 1 fully saturated rings. The number of hydrogen-bond acceptors (Lipinski definition) is 4. The minimum atomic E-state index is -4.54. The maximum atomic E-state index is 12.4. The van der Waals surface area contributed by atoms with E-state index in [4.69, 9.17) is 0 Å². The summed E-state index contributed by atoms with van der Waals surface area (Å²) < 4.78 is 59.0. The minimum absolute atomic E-state index is 0.149. The third-order valence-corrected chi connectivity index (χ3v) is 4.68. The van der Waals surface area contributed by atoms with Gasteiger partial charge in [-0.15, -0.1) is 0 Å². The van der Waals surface area contributed by atoms with Crippen LogP contribution in [0.5, 0.6) is 0 Å². The monoisotopic (exact) mass is 317 g/mol. The summed E-state index contributed by atoms with van der Waals surface area (Å²) in [5, 5.41) is 9.19. The molecule has 0 aromatic heterocycles. The Bertz CT molecular complexity index is 389. The number of hydrogen-bond donors (Lipinski definition) is 1. The van der Waals surface area contributed by atoms with E-state index in [-0.39, 0.29) is 5.75 Å². The number of sulfone groups is 1. The van der Waals surface area contributed by atoms with Crippen molar-refractivity contribution in [1.82, 2.24) is 4.90 Å². The fourth-order valence-corrected chi connectivity index (χ4v) is 3.19. The van der Waals surface area contributed by atoms with E-state index in [2.05, 4.69) is 0 Å². The van der Waals surface area contributed by atoms with Gasteiger partial charge in [0.25, 0.3) is 0 Å². The smallest absolute Gasteiger partial charge is 0.383 e. The number of rotatable bonds is 6. The molecular formula is C12H22F3NO3S. The molecule has 120 valence electrons. The number of halogens is 3. The van der Waals surface area contributed by atoms with Crippen molar-refractivity contribution >= 4 is 9.84 Å². The Morgan fingerprint density at radius 3 is 2.25 bits per heavy atom. The second-order valence-corrected chi connectivity index (χ2v) is 7.76. The first kappa shape index (κ1) is 17.7. The van der Waals surface area contributed by atoms with E-state index in [1.807, 2.05) is 4.90 Å². The summed E-state index contributed by atoms with van der Waals surface area (Å²) in [6.45, 7) is 1.75. The molecule has 1 atom stereocenters. The molecular weight excluding hydrogens is 295 g/mol. The van der Waals surface area contributed by atoms with Gasteiger partial charge in [-0.2, -0.15) is 13.2 Å². The number of likely N-dealkylation sites (tertiary alicyclic amines) is 1. The topological polar surface area (TPSA) is 57.6 Å². The third kappa shape index (κ3) is 6.41. The van der Waals surface area contributed by atoms with Gasteiger partial charge in [-0.1, -0.05) is 0 Å². The van der Waals surface area contributed by atoms with Crippen LogP contribution in [0.2, 0.25) is 0 Å². The van der Waals surface area contributed by atoms with Gasteiger partial charge in [0.2, 0.25) is 0 Å². The van der Waals surface area contributed by atoms with Crippen molar-refractivity contribution in [3.8, 4) is 0 Å². The highest BCUT2D eigenvalue weighted by Gasteiger charge is 2.43. The number of unbranched alkanes of at least 4 members (excludes halogenated alkanes) is 1. The first-order valence-electron chi connectivity index (χ1n) is 6.74. The molecule has 1 heterocycles. The van der Waals surface area contributed by atoms with Crippen LogP contribution in [-0.4, -0.2) is 62.3 Å². The maximum Gasteiger partial charge on any atom is 0.414 e. The van der Waals surface area contributed by atoms with Crippen LogP contribution in [0.1, 0.15) is 25.7 Å². The molecule has 0 saturated carbocycles. The van der Waals surface area contributed by atoms with Crippen LogP contribution in [0.4, 0.5) is 13.2 Å². The summed E-state index contributed by atoms with van der Waals surface area (Å²) in [5.41, 5.74) is 0. The number of alkyl halides is 3. The summed E-state index contributed by atoms with van der Waals surface area (Å²) >= 11 is 0. The number of aliphatic hydroxyl groups is 1. The van der Waals surface area contributed by atoms with Gasteiger partial charge in [0.1, 0.15) is 9.84 Å². The fraction of sp³-hybridized carbons (Fsp3) is 1.00. The van der Waals surface area contributed by atoms with Gasteiger partial charge in [0.05, 0.1) is 0 Å². The maximum absolute atomic E-state index is 12.4. The van der Waals surface area contributed by atoms with Crippen molar-refractivity contribution in [2.24, 2.45) is 5.92 Å². The van der Waals surface area contributed by atoms with Crippen molar-refractivity contribution in [3.05, 3.63) is 0 Å². The van der Waals surface area contributed by atoms with E-state index in [1.165, 1.54) is 6.26 Å². The van der Waals surface area contributed by atoms with Crippen LogP contribution in [-0.2, 0) is 9.84 Å². The van der Waals surface area contributed by atoms with Crippen molar-refractivity contribution in [2.75, 3.05) is 31.6 Å². The minimum Gasteiger partial charge on any atom is -0.383 e. The molecule has 1 aliphatic rings. The molecule has 20 heavy (non-hydrogen) atoms. The van der Waals surface area contributed by atoms with E-state index >= 15 is 0 Å². The van der Waals surface area contributed by atoms with Gasteiger partial charge in [-0.3, -0.25) is 0 Å². The molecule has 0 aromatic carbocycles. The van der Waals surface area contributed by atoms with E-state index in [0.29, 0.717) is 38.9 Å². The molecule has 8 heteroatoms. The average molecular weight is 317 g/mol. The summed E-state index contributed by atoms with van der Waals surface area (Å²) in [5.74, 6) is -0.571. The Labute approximate surface area is 117 Å². The normalized spacial score (nSPS) is 21.1. The standard InChI is InChI=1S/C12H22F3NO3S/c1-20(18,19)9-3-2-6-16-7-4-10(5-8-16)11(17)12(13,14)15/h10-11,17H,2-9H2,1H3. The Hall–Kier alpha value is -0.340. The van der Waals surface area contributed by atoms with Gasteiger partial charge in [0.15, 0.2) is 6.10 Å². The second kappa shape index (κ2) is 7.09. The fourth-order valence-electron chi connectivity index (χ4n) is 2.46. The molecule has 1 N–H and O–H groups in total. The lowest BCUT2D eigenvalue weighted by molar-refractivity contribution is -0.223. The van der Waals surface area contributed by atoms with Gasteiger partial charge in [-0.05, 0) is 51.2 Å². The molecule has 1 rings (SSSR count). The summed E-state index contributed by atoms with van der Waals surface area (Å²) in [6, 6.07) is 0. The van der Waals surface area contributed by atoms with E-state index in [9.17, 15) is 26.7 Å². The number of aliphatic hydroxyl groups excluding tert-OH is 1. The summed E-state index contributed by atoms with van der Waals surface area (Å²) in [6.07, 6.45) is -3.63. The Balaban J connectivity index is 2.23. The van der Waals surface area contributed by atoms with Crippen LogP contribution in [0, 0.1) is 5.92 Å². The lowest BCUT2D eigenvalue weighted by atomic mass is 9.91. The van der Waals surface area contributed by atoms with Crippen LogP contribution in [0.15, 0.2) is 0 Å². The lowest BCUT2D eigenvalue weighted by Crippen LogP contribution is -2.43. The van der Waals surface area contributed by atoms with E-state index in [1.54, 1.807) is 0 Å². The van der Waals surface area contributed by atoms with Crippen molar-refractivity contribution in [3.63, 3.8) is 0 Å². The lowest BCUT2D eigenvalue weighted by Gasteiger charge is -2.34. The molecule has 4 nitrogen and oxygen atoms in total. The molecule has 0 amide bonds. The van der Waals surface area contributed by atoms with Crippen LogP contribution < -0.4 is 0 Å². The molecule has 1 saturated heterocycles. The summed E-state index contributed by atoms with van der Waals surface area (Å²) in [4.78, 5) is 2.03. The van der Waals surface area contributed by atoms with Gasteiger partial charge < -0.3 is 10.0 Å². The van der Waals surface area contributed by atoms with E-state index < -0.39 is 28.0 Å². The molecule has 0 spiro atoms. The first-order valence-corrected chi connectivity index (χ1v) is 8.80. The molecule has 1 aliphatic heterocycles. The zero-order valence-corrected chi connectivity index (χ0v) is 12.4. The zero-order chi connectivity index (χ0) is 15.4. The highest BCUT2D eigenvalue weighted by Crippen LogP contribution is 2.31. The van der Waals surface area contributed by atoms with Gasteiger partial charge in [-0.25, -0.2) is 8.42 Å². The van der Waals surface area contributed by atoms with Crippen LogP contribution in [0.25, 0.3) is 0 Å². The van der Waals surface area contributed by atoms with Gasteiger partial charge >= 0.3 is 6.18 Å². The Kier molecular flexibility index (Phi) is 6.27. The average Bonchev–Trinajstić information content (AvgIpc) is 2.32. The second-order valence-electron chi connectivity index (χ2n) is 5.50. The van der Waals surface area contributed by atoms with Crippen molar-refractivity contribution in [1.29, 1.82) is 0 Å². The molecule has 0 bridgehead atoms. The predicted octanol–water partition coefficient (Wildman–Crippen LogP) is 1.45. The highest BCUT2D eigenvalue weighted by atomic mass is 32.2. The quantitative estimate of drug-likeness (QED) is 0.753. The van der Waals surface area contributed by atoms with Crippen molar-refractivity contribution < 1.29 is 26.7 Å². The number of piperidine rings is 1.